The molecule has 0 saturated heterocycles. The fourth-order valence-electron chi connectivity index (χ4n) is 3.63. The zero-order valence-electron chi connectivity index (χ0n) is 20.1. The summed E-state index contributed by atoms with van der Waals surface area (Å²) in [5.41, 5.74) is 7.99. The molecule has 15 heteroatoms. The van der Waals surface area contributed by atoms with Gasteiger partial charge in [0.25, 0.3) is 5.91 Å². The van der Waals surface area contributed by atoms with Gasteiger partial charge in [-0.05, 0) is 35.4 Å². The zero-order valence-corrected chi connectivity index (χ0v) is 20.1. The number of nitrogens with two attached hydrogens (primary N) is 1. The lowest BCUT2D eigenvalue weighted by Crippen LogP contribution is -2.19. The molecule has 0 fully saturated rings. The summed E-state index contributed by atoms with van der Waals surface area (Å²) >= 11 is 0. The summed E-state index contributed by atoms with van der Waals surface area (Å²) in [5, 5.41) is 10.1. The molecule has 4 aromatic heterocycles. The molecule has 0 saturated carbocycles. The molecule has 0 radical (unpaired) electrons. The number of nitrogens with zero attached hydrogens (tertiary/aromatic N) is 6. The highest BCUT2D eigenvalue weighted by atomic mass is 19.4. The van der Waals surface area contributed by atoms with E-state index in [2.05, 4.69) is 35.3 Å². The van der Waals surface area contributed by atoms with E-state index in [-0.39, 0.29) is 23.1 Å². The monoisotopic (exact) mass is 540 g/mol. The van der Waals surface area contributed by atoms with E-state index in [4.69, 9.17) is 15.1 Å². The molecule has 0 aliphatic carbocycles. The van der Waals surface area contributed by atoms with Crippen LogP contribution < -0.4 is 20.5 Å². The third kappa shape index (κ3) is 5.71. The number of nitrogen functional groups attached to an aromatic ring is 1. The van der Waals surface area contributed by atoms with Crippen LogP contribution in [0.15, 0.2) is 59.5 Å². The number of carbonyl (C=O) groups is 1. The van der Waals surface area contributed by atoms with Gasteiger partial charge in [0.2, 0.25) is 11.8 Å². The van der Waals surface area contributed by atoms with Crippen molar-refractivity contribution in [3.63, 3.8) is 0 Å². The molecule has 1 aromatic carbocycles. The minimum atomic E-state index is -4.49. The normalized spacial score (nSPS) is 11.5. The van der Waals surface area contributed by atoms with Gasteiger partial charge in [-0.15, -0.1) is 0 Å². The quantitative estimate of drug-likeness (QED) is 0.288. The topological polar surface area (TPSA) is 156 Å². The number of benzene rings is 1. The number of anilines is 2. The van der Waals surface area contributed by atoms with Crippen LogP contribution in [0.3, 0.4) is 0 Å². The van der Waals surface area contributed by atoms with Crippen LogP contribution in [-0.4, -0.2) is 48.5 Å². The van der Waals surface area contributed by atoms with Crippen molar-refractivity contribution in [2.75, 3.05) is 17.7 Å². The number of imidazole rings is 1. The highest BCUT2D eigenvalue weighted by Crippen LogP contribution is 2.30. The van der Waals surface area contributed by atoms with Crippen molar-refractivity contribution < 1.29 is 32.1 Å². The number of pyridine rings is 2. The number of halogens is 3. The minimum Gasteiger partial charge on any atom is -0.468 e. The van der Waals surface area contributed by atoms with Crippen LogP contribution >= 0.6 is 0 Å². The Morgan fingerprint density at radius 2 is 1.92 bits per heavy atom. The van der Waals surface area contributed by atoms with E-state index in [1.807, 2.05) is 11.5 Å². The molecule has 5 aromatic rings. The number of carbonyl (C=O) groups excluding carboxylic acids is 1. The summed E-state index contributed by atoms with van der Waals surface area (Å²) in [7, 11) is 0. The summed E-state index contributed by atoms with van der Waals surface area (Å²) in [6, 6.07) is 10.8. The second-order valence-electron chi connectivity index (χ2n) is 8.06. The molecule has 0 atom stereocenters. The van der Waals surface area contributed by atoms with Crippen LogP contribution in [0.25, 0.3) is 22.6 Å². The number of ether oxygens (including phenoxy) is 2. The van der Waals surface area contributed by atoms with Crippen molar-refractivity contribution in [2.24, 2.45) is 0 Å². The van der Waals surface area contributed by atoms with Crippen LogP contribution in [0.2, 0.25) is 0 Å². The van der Waals surface area contributed by atoms with Gasteiger partial charge in [-0.1, -0.05) is 6.07 Å². The summed E-state index contributed by atoms with van der Waals surface area (Å²) < 4.78 is 53.9. The molecule has 3 N–H and O–H groups in total. The summed E-state index contributed by atoms with van der Waals surface area (Å²) in [4.78, 5) is 25.2. The Kier molecular flexibility index (Phi) is 6.70. The van der Waals surface area contributed by atoms with Crippen molar-refractivity contribution in [1.29, 1.82) is 0 Å². The molecule has 0 spiro atoms. The van der Waals surface area contributed by atoms with Gasteiger partial charge in [0.1, 0.15) is 11.3 Å². The number of aromatic nitrogens is 6. The number of amides is 1. The van der Waals surface area contributed by atoms with E-state index in [0.29, 0.717) is 35.0 Å². The van der Waals surface area contributed by atoms with Gasteiger partial charge in [-0.2, -0.15) is 13.2 Å². The van der Waals surface area contributed by atoms with E-state index in [0.717, 1.165) is 11.7 Å². The number of nitrogens with one attached hydrogen (secondary N) is 1. The SMILES string of the molecule is CCn1c(-c2nonc2N)nc2cnc(Oc3cccc(NC(=O)c4ccc(OCC(F)(F)F)nc4)c3)cc21. The first-order chi connectivity index (χ1) is 18.7. The molecular weight excluding hydrogens is 521 g/mol. The Bertz CT molecular complexity index is 1630. The van der Waals surface area contributed by atoms with Gasteiger partial charge in [0.15, 0.2) is 23.9 Å². The largest absolute Gasteiger partial charge is 0.468 e. The van der Waals surface area contributed by atoms with Crippen molar-refractivity contribution >= 4 is 28.4 Å². The molecular formula is C24H19F3N8O4. The average molecular weight is 540 g/mol. The van der Waals surface area contributed by atoms with Gasteiger partial charge >= 0.3 is 6.18 Å². The van der Waals surface area contributed by atoms with Gasteiger partial charge in [-0.3, -0.25) is 4.79 Å². The molecule has 0 aliphatic rings. The predicted octanol–water partition coefficient (Wildman–Crippen LogP) is 4.46. The minimum absolute atomic E-state index is 0.116. The van der Waals surface area contributed by atoms with Crippen molar-refractivity contribution in [2.45, 2.75) is 19.6 Å². The summed E-state index contributed by atoms with van der Waals surface area (Å²) in [6.45, 7) is 1.00. The van der Waals surface area contributed by atoms with Crippen molar-refractivity contribution in [3.05, 3.63) is 60.4 Å². The van der Waals surface area contributed by atoms with Crippen LogP contribution in [0.5, 0.6) is 17.5 Å². The summed E-state index contributed by atoms with van der Waals surface area (Å²) in [5.74, 6) is 0.483. The first-order valence-corrected chi connectivity index (χ1v) is 11.4. The van der Waals surface area contributed by atoms with Crippen molar-refractivity contribution in [1.82, 2.24) is 29.8 Å². The fourth-order valence-corrected chi connectivity index (χ4v) is 3.63. The lowest BCUT2D eigenvalue weighted by molar-refractivity contribution is -0.154. The molecule has 1 amide bonds. The van der Waals surface area contributed by atoms with E-state index < -0.39 is 18.7 Å². The molecule has 0 aliphatic heterocycles. The molecule has 12 nitrogen and oxygen atoms in total. The molecule has 200 valence electrons. The number of hydrogen-bond acceptors (Lipinski definition) is 10. The van der Waals surface area contributed by atoms with E-state index in [1.54, 1.807) is 36.5 Å². The number of hydrogen-bond donors (Lipinski definition) is 2. The van der Waals surface area contributed by atoms with Gasteiger partial charge in [-0.25, -0.2) is 19.6 Å². The lowest BCUT2D eigenvalue weighted by atomic mass is 10.2. The van der Waals surface area contributed by atoms with Gasteiger partial charge in [0.05, 0.1) is 17.3 Å². The zero-order chi connectivity index (χ0) is 27.6. The van der Waals surface area contributed by atoms with E-state index >= 15 is 0 Å². The third-order valence-corrected chi connectivity index (χ3v) is 5.35. The van der Waals surface area contributed by atoms with Crippen LogP contribution in [0.1, 0.15) is 17.3 Å². The van der Waals surface area contributed by atoms with Crippen LogP contribution in [-0.2, 0) is 6.54 Å². The lowest BCUT2D eigenvalue weighted by Gasteiger charge is -2.10. The first-order valence-electron chi connectivity index (χ1n) is 11.4. The number of rotatable bonds is 8. The predicted molar refractivity (Wildman–Crippen MR) is 131 cm³/mol. The Labute approximate surface area is 217 Å². The maximum atomic E-state index is 12.6. The van der Waals surface area contributed by atoms with Crippen molar-refractivity contribution in [3.8, 4) is 29.0 Å². The highest BCUT2D eigenvalue weighted by molar-refractivity contribution is 6.04. The Balaban J connectivity index is 1.30. The second kappa shape index (κ2) is 10.3. The first kappa shape index (κ1) is 25.4. The highest BCUT2D eigenvalue weighted by Gasteiger charge is 2.28. The van der Waals surface area contributed by atoms with E-state index in [9.17, 15) is 18.0 Å². The Morgan fingerprint density at radius 3 is 2.62 bits per heavy atom. The van der Waals surface area contributed by atoms with Gasteiger partial charge < -0.3 is 25.1 Å². The average Bonchev–Trinajstić information content (AvgIpc) is 3.49. The van der Waals surface area contributed by atoms with Gasteiger partial charge in [0, 0.05) is 36.6 Å². The molecule has 5 rings (SSSR count). The standard InChI is InChI=1S/C24H19F3N8O4/c1-2-35-17-9-19(30-11-16(17)32-22(35)20-21(28)34-39-33-20)38-15-5-3-4-14(8-15)31-23(36)13-6-7-18(29-10-13)37-12-24(25,26)27/h3-11H,2,12H2,1H3,(H2,28,34)(H,31,36). The smallest absolute Gasteiger partial charge is 0.422 e. The number of alkyl halides is 3. The molecule has 0 unspecified atom stereocenters. The number of fused-ring (bicyclic) bond motifs is 1. The Morgan fingerprint density at radius 1 is 1.10 bits per heavy atom. The maximum absolute atomic E-state index is 12.6. The second-order valence-corrected chi connectivity index (χ2v) is 8.06. The fraction of sp³-hybridized carbons (Fsp3) is 0.167. The maximum Gasteiger partial charge on any atom is 0.422 e. The molecule has 0 bridgehead atoms. The van der Waals surface area contributed by atoms with E-state index in [1.165, 1.54) is 12.1 Å². The Hall–Kier alpha value is -5.21. The van der Waals surface area contributed by atoms with Crippen LogP contribution in [0, 0.1) is 0 Å². The third-order valence-electron chi connectivity index (χ3n) is 5.35. The molecule has 4 heterocycles. The molecule has 39 heavy (non-hydrogen) atoms. The van der Waals surface area contributed by atoms with Crippen LogP contribution in [0.4, 0.5) is 24.7 Å². The number of aryl methyl sites for hydroxylation is 1. The summed E-state index contributed by atoms with van der Waals surface area (Å²) in [6.07, 6.45) is -1.82.